The lowest BCUT2D eigenvalue weighted by molar-refractivity contribution is 0.461. The summed E-state index contributed by atoms with van der Waals surface area (Å²) < 4.78 is 3.64. The molecule has 0 aliphatic heterocycles. The Morgan fingerprint density at radius 3 is 3.00 bits per heavy atom. The zero-order valence-electron chi connectivity index (χ0n) is 14.4. The molecule has 0 saturated heterocycles. The van der Waals surface area contributed by atoms with Gasteiger partial charge in [-0.15, -0.1) is 21.5 Å². The maximum Gasteiger partial charge on any atom is 0.191 e. The quantitative estimate of drug-likeness (QED) is 0.477. The van der Waals surface area contributed by atoms with Crippen LogP contribution < -0.4 is 5.32 Å². The Labute approximate surface area is 156 Å². The number of hydrogen-bond donors (Lipinski definition) is 1. The minimum absolute atomic E-state index is 0.603. The second-order valence-electron chi connectivity index (χ2n) is 6.44. The summed E-state index contributed by atoms with van der Waals surface area (Å²) >= 11 is 3.45. The van der Waals surface area contributed by atoms with Crippen molar-refractivity contribution in [1.29, 1.82) is 0 Å². The first-order valence-corrected chi connectivity index (χ1v) is 11.0. The highest BCUT2D eigenvalue weighted by atomic mass is 32.2. The zero-order chi connectivity index (χ0) is 17.1. The molecule has 3 aromatic heterocycles. The van der Waals surface area contributed by atoms with Gasteiger partial charge in [-0.25, -0.2) is 0 Å². The lowest BCUT2D eigenvalue weighted by atomic mass is 10.2. The highest BCUT2D eigenvalue weighted by Gasteiger charge is 2.23. The SMILES string of the molecule is CSc1nnc(CCCNc2ccnc3ccsc23)n1C1CCCC1. The van der Waals surface area contributed by atoms with Crippen LogP contribution in [-0.2, 0) is 6.42 Å². The van der Waals surface area contributed by atoms with Crippen molar-refractivity contribution >= 4 is 39.0 Å². The molecule has 3 heterocycles. The third-order valence-corrected chi connectivity index (χ3v) is 6.42. The fraction of sp³-hybridized carbons (Fsp3) is 0.500. The fourth-order valence-electron chi connectivity index (χ4n) is 3.63. The van der Waals surface area contributed by atoms with Gasteiger partial charge in [-0.05, 0) is 43.0 Å². The lowest BCUT2D eigenvalue weighted by Crippen LogP contribution is -2.12. The van der Waals surface area contributed by atoms with Gasteiger partial charge in [0.1, 0.15) is 5.82 Å². The van der Waals surface area contributed by atoms with Gasteiger partial charge in [0.15, 0.2) is 5.16 Å². The van der Waals surface area contributed by atoms with Gasteiger partial charge in [-0.1, -0.05) is 24.6 Å². The Bertz CT molecular complexity index is 835. The van der Waals surface area contributed by atoms with Crippen molar-refractivity contribution in [2.45, 2.75) is 49.7 Å². The maximum atomic E-state index is 4.47. The minimum atomic E-state index is 0.603. The van der Waals surface area contributed by atoms with E-state index in [2.05, 4.69) is 48.8 Å². The van der Waals surface area contributed by atoms with Crippen molar-refractivity contribution in [3.05, 3.63) is 29.5 Å². The van der Waals surface area contributed by atoms with Crippen molar-refractivity contribution in [1.82, 2.24) is 19.7 Å². The number of aryl methyl sites for hydroxylation is 1. The van der Waals surface area contributed by atoms with Gasteiger partial charge in [0.05, 0.1) is 15.9 Å². The molecule has 4 rings (SSSR count). The van der Waals surface area contributed by atoms with Crippen LogP contribution in [0.5, 0.6) is 0 Å². The molecule has 1 aliphatic carbocycles. The van der Waals surface area contributed by atoms with Crippen LogP contribution in [0.2, 0.25) is 0 Å². The predicted octanol–water partition coefficient (Wildman–Crippen LogP) is 4.77. The molecule has 3 aromatic rings. The molecule has 25 heavy (non-hydrogen) atoms. The van der Waals surface area contributed by atoms with E-state index in [1.807, 2.05) is 6.20 Å². The van der Waals surface area contributed by atoms with Crippen LogP contribution in [0.4, 0.5) is 5.69 Å². The van der Waals surface area contributed by atoms with Crippen LogP contribution in [-0.4, -0.2) is 32.5 Å². The molecule has 1 saturated carbocycles. The number of fused-ring (bicyclic) bond motifs is 1. The molecule has 0 atom stereocenters. The Morgan fingerprint density at radius 1 is 1.28 bits per heavy atom. The molecule has 0 aromatic carbocycles. The van der Waals surface area contributed by atoms with Crippen molar-refractivity contribution in [3.8, 4) is 0 Å². The molecular formula is C18H23N5S2. The average Bonchev–Trinajstić information content (AvgIpc) is 3.38. The first-order chi connectivity index (χ1) is 12.4. The first-order valence-electron chi connectivity index (χ1n) is 8.90. The Hall–Kier alpha value is -1.60. The number of rotatable bonds is 7. The Morgan fingerprint density at radius 2 is 2.16 bits per heavy atom. The maximum absolute atomic E-state index is 4.47. The molecule has 0 amide bonds. The van der Waals surface area contributed by atoms with Gasteiger partial charge in [0.25, 0.3) is 0 Å². The Balaban J connectivity index is 1.39. The summed E-state index contributed by atoms with van der Waals surface area (Å²) in [5.41, 5.74) is 2.25. The number of hydrogen-bond acceptors (Lipinski definition) is 6. The number of aromatic nitrogens is 4. The molecule has 1 fully saturated rings. The number of thiophene rings is 1. The lowest BCUT2D eigenvalue weighted by Gasteiger charge is -2.16. The van der Waals surface area contributed by atoms with E-state index in [4.69, 9.17) is 0 Å². The molecule has 7 heteroatoms. The van der Waals surface area contributed by atoms with Crippen LogP contribution in [0.25, 0.3) is 10.2 Å². The number of pyridine rings is 1. The standard InChI is InChI=1S/C18H23N5S2/c1-24-18-22-21-16(23(18)13-5-2-3-6-13)7-4-10-19-14-8-11-20-15-9-12-25-17(14)15/h8-9,11-13H,2-7,10H2,1H3,(H,19,20). The molecule has 0 spiro atoms. The van der Waals surface area contributed by atoms with E-state index in [-0.39, 0.29) is 0 Å². The smallest absolute Gasteiger partial charge is 0.191 e. The predicted molar refractivity (Wildman–Crippen MR) is 106 cm³/mol. The van der Waals surface area contributed by atoms with Crippen LogP contribution in [0.1, 0.15) is 44.0 Å². The monoisotopic (exact) mass is 373 g/mol. The number of anilines is 1. The summed E-state index contributed by atoms with van der Waals surface area (Å²) in [6.45, 7) is 0.934. The Kier molecular flexibility index (Phi) is 5.22. The van der Waals surface area contributed by atoms with E-state index in [0.29, 0.717) is 6.04 Å². The van der Waals surface area contributed by atoms with Crippen LogP contribution in [0, 0.1) is 0 Å². The molecule has 0 unspecified atom stereocenters. The van der Waals surface area contributed by atoms with E-state index in [1.165, 1.54) is 36.1 Å². The summed E-state index contributed by atoms with van der Waals surface area (Å²) in [6, 6.07) is 4.73. The summed E-state index contributed by atoms with van der Waals surface area (Å²) in [6.07, 6.45) is 11.2. The summed E-state index contributed by atoms with van der Waals surface area (Å²) in [7, 11) is 0. The van der Waals surface area contributed by atoms with Crippen LogP contribution >= 0.6 is 23.1 Å². The van der Waals surface area contributed by atoms with Gasteiger partial charge in [-0.2, -0.15) is 0 Å². The first kappa shape index (κ1) is 16.8. The average molecular weight is 374 g/mol. The number of nitrogens with one attached hydrogen (secondary N) is 1. The highest BCUT2D eigenvalue weighted by molar-refractivity contribution is 7.98. The van der Waals surface area contributed by atoms with Crippen molar-refractivity contribution in [2.24, 2.45) is 0 Å². The minimum Gasteiger partial charge on any atom is -0.384 e. The van der Waals surface area contributed by atoms with Gasteiger partial charge in [0, 0.05) is 25.2 Å². The molecule has 132 valence electrons. The van der Waals surface area contributed by atoms with Crippen molar-refractivity contribution < 1.29 is 0 Å². The topological polar surface area (TPSA) is 55.6 Å². The van der Waals surface area contributed by atoms with E-state index < -0.39 is 0 Å². The van der Waals surface area contributed by atoms with E-state index in [9.17, 15) is 0 Å². The fourth-order valence-corrected chi connectivity index (χ4v) is 5.04. The summed E-state index contributed by atoms with van der Waals surface area (Å²) in [4.78, 5) is 4.39. The molecule has 0 radical (unpaired) electrons. The summed E-state index contributed by atoms with van der Waals surface area (Å²) in [5.74, 6) is 1.15. The molecule has 1 aliphatic rings. The van der Waals surface area contributed by atoms with Gasteiger partial charge in [-0.3, -0.25) is 4.98 Å². The van der Waals surface area contributed by atoms with Crippen LogP contribution in [0.15, 0.2) is 28.9 Å². The number of nitrogens with zero attached hydrogens (tertiary/aromatic N) is 4. The zero-order valence-corrected chi connectivity index (χ0v) is 16.1. The van der Waals surface area contributed by atoms with Gasteiger partial charge in [0.2, 0.25) is 0 Å². The van der Waals surface area contributed by atoms with Crippen molar-refractivity contribution in [2.75, 3.05) is 18.1 Å². The third-order valence-electron chi connectivity index (χ3n) is 4.84. The van der Waals surface area contributed by atoms with E-state index >= 15 is 0 Å². The second-order valence-corrected chi connectivity index (χ2v) is 8.12. The third kappa shape index (κ3) is 3.53. The highest BCUT2D eigenvalue weighted by Crippen LogP contribution is 2.33. The largest absolute Gasteiger partial charge is 0.384 e. The number of thioether (sulfide) groups is 1. The van der Waals surface area contributed by atoms with Gasteiger partial charge >= 0.3 is 0 Å². The van der Waals surface area contributed by atoms with Gasteiger partial charge < -0.3 is 9.88 Å². The van der Waals surface area contributed by atoms with E-state index in [1.54, 1.807) is 23.1 Å². The second kappa shape index (κ2) is 7.74. The van der Waals surface area contributed by atoms with E-state index in [0.717, 1.165) is 35.9 Å². The molecular weight excluding hydrogens is 350 g/mol. The normalized spacial score (nSPS) is 15.2. The van der Waals surface area contributed by atoms with Crippen LogP contribution in [0.3, 0.4) is 0 Å². The molecule has 1 N–H and O–H groups in total. The summed E-state index contributed by atoms with van der Waals surface area (Å²) in [5, 5.41) is 15.6. The molecule has 5 nitrogen and oxygen atoms in total. The van der Waals surface area contributed by atoms with Crippen molar-refractivity contribution in [3.63, 3.8) is 0 Å². The molecule has 0 bridgehead atoms.